The van der Waals surface area contributed by atoms with Crippen LogP contribution in [-0.4, -0.2) is 39.9 Å². The van der Waals surface area contributed by atoms with E-state index in [1.54, 1.807) is 12.1 Å². The molecule has 1 rings (SSSR count). The summed E-state index contributed by atoms with van der Waals surface area (Å²) in [7, 11) is -0.982. The van der Waals surface area contributed by atoms with Gasteiger partial charge in [0.2, 0.25) is 10.0 Å². The average Bonchev–Trinajstić information content (AvgIpc) is 2.35. The number of para-hydroxylation sites is 1. The van der Waals surface area contributed by atoms with E-state index in [2.05, 4.69) is 4.74 Å². The zero-order valence-corrected chi connectivity index (χ0v) is 11.1. The number of hydrogen-bond acceptors (Lipinski definition) is 5. The van der Waals surface area contributed by atoms with Crippen LogP contribution in [0.5, 0.6) is 0 Å². The van der Waals surface area contributed by atoms with Gasteiger partial charge >= 0.3 is 5.97 Å². The van der Waals surface area contributed by atoms with Gasteiger partial charge in [-0.05, 0) is 6.07 Å². The third-order valence-electron chi connectivity index (χ3n) is 2.49. The number of benzene rings is 1. The molecule has 0 saturated carbocycles. The number of hydrogen-bond donors (Lipinski definition) is 1. The van der Waals surface area contributed by atoms with Crippen molar-refractivity contribution < 1.29 is 23.1 Å². The summed E-state index contributed by atoms with van der Waals surface area (Å²) in [5, 5.41) is 9.79. The van der Waals surface area contributed by atoms with E-state index in [0.717, 1.165) is 17.7 Å². The maximum absolute atomic E-state index is 11.5. The van der Waals surface area contributed by atoms with Crippen molar-refractivity contribution in [3.8, 4) is 0 Å². The van der Waals surface area contributed by atoms with E-state index in [9.17, 15) is 18.3 Å². The van der Waals surface area contributed by atoms with Gasteiger partial charge in [0.15, 0.2) is 6.10 Å². The lowest BCUT2D eigenvalue weighted by Gasteiger charge is -2.21. The predicted molar refractivity (Wildman–Crippen MR) is 66.7 cm³/mol. The lowest BCUT2D eigenvalue weighted by atomic mass is 10.1. The molecule has 0 heterocycles. The zero-order chi connectivity index (χ0) is 13.9. The molecule has 1 unspecified atom stereocenters. The topological polar surface area (TPSA) is 83.9 Å². The molecule has 6 nitrogen and oxygen atoms in total. The molecule has 1 aromatic rings. The fourth-order valence-electron chi connectivity index (χ4n) is 1.42. The van der Waals surface area contributed by atoms with Crippen LogP contribution in [0, 0.1) is 0 Å². The van der Waals surface area contributed by atoms with Gasteiger partial charge in [0.25, 0.3) is 0 Å². The van der Waals surface area contributed by atoms with E-state index in [4.69, 9.17) is 0 Å². The lowest BCUT2D eigenvalue weighted by Crippen LogP contribution is -2.27. The highest BCUT2D eigenvalue weighted by Crippen LogP contribution is 2.27. The van der Waals surface area contributed by atoms with Crippen molar-refractivity contribution in [2.45, 2.75) is 6.10 Å². The first-order valence-electron chi connectivity index (χ1n) is 5.07. The Hall–Kier alpha value is -1.60. The van der Waals surface area contributed by atoms with Crippen molar-refractivity contribution in [1.29, 1.82) is 0 Å². The molecule has 0 aliphatic rings. The Balaban J connectivity index is 3.27. The molecule has 0 fully saturated rings. The maximum atomic E-state index is 11.5. The SMILES string of the molecule is COC(=O)C(O)c1ccccc1N(C)S(C)(=O)=O. The molecule has 0 bridgehead atoms. The zero-order valence-electron chi connectivity index (χ0n) is 10.3. The van der Waals surface area contributed by atoms with Gasteiger partial charge in [-0.25, -0.2) is 13.2 Å². The van der Waals surface area contributed by atoms with Crippen molar-refractivity contribution in [2.75, 3.05) is 24.7 Å². The number of sulfonamides is 1. The number of carbonyl (C=O) groups is 1. The molecule has 1 atom stereocenters. The highest BCUT2D eigenvalue weighted by atomic mass is 32.2. The summed E-state index contributed by atoms with van der Waals surface area (Å²) in [5.74, 6) is -0.843. The van der Waals surface area contributed by atoms with Crippen molar-refractivity contribution >= 4 is 21.7 Å². The molecule has 0 spiro atoms. The summed E-state index contributed by atoms with van der Waals surface area (Å²) < 4.78 is 28.4. The van der Waals surface area contributed by atoms with Crippen LogP contribution in [-0.2, 0) is 19.6 Å². The molecule has 7 heteroatoms. The Morgan fingerprint density at radius 3 is 2.44 bits per heavy atom. The third-order valence-corrected chi connectivity index (χ3v) is 3.68. The summed E-state index contributed by atoms with van der Waals surface area (Å²) in [6.45, 7) is 0. The Morgan fingerprint density at radius 1 is 1.39 bits per heavy atom. The quantitative estimate of drug-likeness (QED) is 0.797. The molecular formula is C11H15NO5S. The number of anilines is 1. The van der Waals surface area contributed by atoms with Crippen molar-refractivity contribution in [3.05, 3.63) is 29.8 Å². The third kappa shape index (κ3) is 2.99. The molecule has 0 aromatic heterocycles. The Morgan fingerprint density at radius 2 is 1.94 bits per heavy atom. The molecule has 0 aliphatic carbocycles. The standard InChI is InChI=1S/C11H15NO5S/c1-12(18(3,15)16)9-7-5-4-6-8(9)10(13)11(14)17-2/h4-7,10,13H,1-3H3. The van der Waals surface area contributed by atoms with Crippen molar-refractivity contribution in [1.82, 2.24) is 0 Å². The van der Waals surface area contributed by atoms with Crippen LogP contribution in [0.2, 0.25) is 0 Å². The first-order chi connectivity index (χ1) is 8.29. The number of esters is 1. The molecule has 18 heavy (non-hydrogen) atoms. The number of rotatable bonds is 4. The summed E-state index contributed by atoms with van der Waals surface area (Å²) in [6, 6.07) is 6.19. The molecule has 100 valence electrons. The molecular weight excluding hydrogens is 258 g/mol. The smallest absolute Gasteiger partial charge is 0.339 e. The van der Waals surface area contributed by atoms with E-state index in [1.807, 2.05) is 0 Å². The van der Waals surface area contributed by atoms with E-state index < -0.39 is 22.1 Å². The highest BCUT2D eigenvalue weighted by molar-refractivity contribution is 7.92. The number of aliphatic hydroxyl groups excluding tert-OH is 1. The predicted octanol–water partition coefficient (Wildman–Crippen LogP) is 0.289. The largest absolute Gasteiger partial charge is 0.467 e. The highest BCUT2D eigenvalue weighted by Gasteiger charge is 2.24. The van der Waals surface area contributed by atoms with Crippen molar-refractivity contribution in [2.24, 2.45) is 0 Å². The van der Waals surface area contributed by atoms with Gasteiger partial charge in [0.05, 0.1) is 19.1 Å². The van der Waals surface area contributed by atoms with Crippen LogP contribution in [0.15, 0.2) is 24.3 Å². The molecule has 0 aliphatic heterocycles. The van der Waals surface area contributed by atoms with Gasteiger partial charge in [-0.3, -0.25) is 4.31 Å². The number of ether oxygens (including phenoxy) is 1. The van der Waals surface area contributed by atoms with Crippen LogP contribution in [0.25, 0.3) is 0 Å². The fraction of sp³-hybridized carbons (Fsp3) is 0.364. The summed E-state index contributed by atoms with van der Waals surface area (Å²) in [6.07, 6.45) is -0.482. The van der Waals surface area contributed by atoms with E-state index in [-0.39, 0.29) is 11.3 Å². The summed E-state index contributed by atoms with van der Waals surface area (Å²) >= 11 is 0. The van der Waals surface area contributed by atoms with Crippen LogP contribution in [0.1, 0.15) is 11.7 Å². The number of aliphatic hydroxyl groups is 1. The van der Waals surface area contributed by atoms with E-state index in [1.165, 1.54) is 19.2 Å². The lowest BCUT2D eigenvalue weighted by molar-refractivity contribution is -0.150. The molecule has 0 amide bonds. The van der Waals surface area contributed by atoms with Crippen LogP contribution < -0.4 is 4.31 Å². The summed E-state index contributed by atoms with van der Waals surface area (Å²) in [5.41, 5.74) is 0.412. The number of carbonyl (C=O) groups excluding carboxylic acids is 1. The molecule has 1 N–H and O–H groups in total. The van der Waals surface area contributed by atoms with Crippen molar-refractivity contribution in [3.63, 3.8) is 0 Å². The van der Waals surface area contributed by atoms with Gasteiger partial charge in [0, 0.05) is 12.6 Å². The van der Waals surface area contributed by atoms with E-state index >= 15 is 0 Å². The normalized spacial score (nSPS) is 12.9. The average molecular weight is 273 g/mol. The monoisotopic (exact) mass is 273 g/mol. The van der Waals surface area contributed by atoms with Crippen LogP contribution in [0.3, 0.4) is 0 Å². The maximum Gasteiger partial charge on any atom is 0.339 e. The van der Waals surface area contributed by atoms with Gasteiger partial charge in [-0.2, -0.15) is 0 Å². The fourth-order valence-corrected chi connectivity index (χ4v) is 1.95. The van der Waals surface area contributed by atoms with Gasteiger partial charge in [-0.1, -0.05) is 18.2 Å². The van der Waals surface area contributed by atoms with Crippen LogP contribution >= 0.6 is 0 Å². The first kappa shape index (κ1) is 14.5. The molecule has 0 radical (unpaired) electrons. The Kier molecular flexibility index (Phi) is 4.31. The minimum Gasteiger partial charge on any atom is -0.467 e. The molecule has 0 saturated heterocycles. The number of methoxy groups -OCH3 is 1. The first-order valence-corrected chi connectivity index (χ1v) is 6.92. The molecule has 1 aromatic carbocycles. The van der Waals surface area contributed by atoms with Crippen LogP contribution in [0.4, 0.5) is 5.69 Å². The van der Waals surface area contributed by atoms with E-state index in [0.29, 0.717) is 0 Å². The Bertz CT molecular complexity index is 540. The minimum absolute atomic E-state index is 0.178. The summed E-state index contributed by atoms with van der Waals surface area (Å²) in [4.78, 5) is 11.3. The number of nitrogens with zero attached hydrogens (tertiary/aromatic N) is 1. The van der Waals surface area contributed by atoms with Gasteiger partial charge < -0.3 is 9.84 Å². The minimum atomic E-state index is -3.47. The second-order valence-electron chi connectivity index (χ2n) is 3.72. The van der Waals surface area contributed by atoms with Gasteiger partial charge in [-0.15, -0.1) is 0 Å². The Labute approximate surface area is 106 Å². The van der Waals surface area contributed by atoms with Gasteiger partial charge in [0.1, 0.15) is 0 Å². The second-order valence-corrected chi connectivity index (χ2v) is 5.73. The second kappa shape index (κ2) is 5.36.